The summed E-state index contributed by atoms with van der Waals surface area (Å²) in [5.74, 6) is -0.382. The SMILES string of the molecule is CN(CCC#N)c1ccc(/C=C2/N=C(c3ccc(Cl)cc3Cl)OC2=O)cc1. The molecule has 0 aromatic heterocycles. The van der Waals surface area contributed by atoms with Crippen molar-refractivity contribution in [1.29, 1.82) is 5.26 Å². The van der Waals surface area contributed by atoms with Gasteiger partial charge in [-0.25, -0.2) is 9.79 Å². The molecule has 0 aliphatic carbocycles. The third-order valence-corrected chi connectivity index (χ3v) is 4.53. The van der Waals surface area contributed by atoms with Crippen LogP contribution in [0.25, 0.3) is 6.08 Å². The average Bonchev–Trinajstić information content (AvgIpc) is 3.00. The summed E-state index contributed by atoms with van der Waals surface area (Å²) in [7, 11) is 1.92. The van der Waals surface area contributed by atoms with Crippen molar-refractivity contribution in [2.24, 2.45) is 4.99 Å². The minimum absolute atomic E-state index is 0.153. The number of benzene rings is 2. The molecule has 27 heavy (non-hydrogen) atoms. The Morgan fingerprint density at radius 1 is 1.22 bits per heavy atom. The van der Waals surface area contributed by atoms with E-state index in [1.54, 1.807) is 24.3 Å². The lowest BCUT2D eigenvalue weighted by molar-refractivity contribution is -0.129. The molecule has 0 bridgehead atoms. The standard InChI is InChI=1S/C20H15Cl2N3O2/c1-25(10-2-9-23)15-6-3-13(4-7-15)11-18-20(26)27-19(24-18)16-8-5-14(21)12-17(16)22/h3-8,11-12H,2,10H2,1H3/b18-11+. The number of anilines is 1. The van der Waals surface area contributed by atoms with Crippen molar-refractivity contribution in [3.05, 3.63) is 69.3 Å². The quantitative estimate of drug-likeness (QED) is 0.540. The number of hydrogen-bond donors (Lipinski definition) is 0. The van der Waals surface area contributed by atoms with Gasteiger partial charge in [0.2, 0.25) is 5.90 Å². The van der Waals surface area contributed by atoms with Gasteiger partial charge in [0.05, 0.1) is 23.1 Å². The van der Waals surface area contributed by atoms with Gasteiger partial charge in [-0.2, -0.15) is 5.26 Å². The van der Waals surface area contributed by atoms with E-state index in [0.717, 1.165) is 11.3 Å². The van der Waals surface area contributed by atoms with E-state index in [1.165, 1.54) is 0 Å². The smallest absolute Gasteiger partial charge is 0.363 e. The van der Waals surface area contributed by atoms with Crippen LogP contribution in [-0.4, -0.2) is 25.5 Å². The van der Waals surface area contributed by atoms with Crippen LogP contribution in [0.1, 0.15) is 17.5 Å². The Kier molecular flexibility index (Phi) is 5.80. The van der Waals surface area contributed by atoms with Gasteiger partial charge in [-0.05, 0) is 42.0 Å². The van der Waals surface area contributed by atoms with Crippen LogP contribution < -0.4 is 4.90 Å². The second-order valence-electron chi connectivity index (χ2n) is 5.88. The average molecular weight is 400 g/mol. The first-order valence-corrected chi connectivity index (χ1v) is 8.89. The van der Waals surface area contributed by atoms with E-state index in [9.17, 15) is 4.79 Å². The van der Waals surface area contributed by atoms with Gasteiger partial charge in [0.25, 0.3) is 0 Å². The molecule has 2 aromatic rings. The molecule has 1 heterocycles. The Balaban J connectivity index is 1.81. The van der Waals surface area contributed by atoms with Crippen molar-refractivity contribution in [2.45, 2.75) is 6.42 Å². The number of nitriles is 1. The highest BCUT2D eigenvalue weighted by molar-refractivity contribution is 6.37. The van der Waals surface area contributed by atoms with Gasteiger partial charge < -0.3 is 9.64 Å². The summed E-state index contributed by atoms with van der Waals surface area (Å²) in [5, 5.41) is 9.52. The summed E-state index contributed by atoms with van der Waals surface area (Å²) >= 11 is 12.0. The van der Waals surface area contributed by atoms with E-state index >= 15 is 0 Å². The normalized spacial score (nSPS) is 14.7. The van der Waals surface area contributed by atoms with Gasteiger partial charge in [0.1, 0.15) is 0 Å². The summed E-state index contributed by atoms with van der Waals surface area (Å²) in [5.41, 5.74) is 2.50. The van der Waals surface area contributed by atoms with Crippen LogP contribution in [0.2, 0.25) is 10.0 Å². The molecule has 7 heteroatoms. The van der Waals surface area contributed by atoms with Crippen molar-refractivity contribution >= 4 is 46.8 Å². The van der Waals surface area contributed by atoms with Crippen molar-refractivity contribution in [3.63, 3.8) is 0 Å². The highest BCUT2D eigenvalue weighted by Gasteiger charge is 2.25. The molecule has 1 aliphatic rings. The molecule has 3 rings (SSSR count). The Morgan fingerprint density at radius 2 is 1.96 bits per heavy atom. The summed E-state index contributed by atoms with van der Waals surface area (Å²) < 4.78 is 5.24. The maximum absolute atomic E-state index is 12.1. The highest BCUT2D eigenvalue weighted by Crippen LogP contribution is 2.26. The Morgan fingerprint density at radius 3 is 2.63 bits per heavy atom. The number of esters is 1. The van der Waals surface area contributed by atoms with Gasteiger partial charge in [-0.15, -0.1) is 0 Å². The zero-order chi connectivity index (χ0) is 19.4. The second kappa shape index (κ2) is 8.26. The monoisotopic (exact) mass is 399 g/mol. The topological polar surface area (TPSA) is 65.7 Å². The Bertz CT molecular complexity index is 976. The predicted molar refractivity (Wildman–Crippen MR) is 107 cm³/mol. The van der Waals surface area contributed by atoms with E-state index in [-0.39, 0.29) is 11.6 Å². The molecule has 0 radical (unpaired) electrons. The molecule has 5 nitrogen and oxygen atoms in total. The first-order chi connectivity index (χ1) is 13.0. The van der Waals surface area contributed by atoms with Crippen molar-refractivity contribution in [1.82, 2.24) is 0 Å². The van der Waals surface area contributed by atoms with E-state index < -0.39 is 5.97 Å². The third-order valence-electron chi connectivity index (χ3n) is 3.98. The molecule has 136 valence electrons. The number of ether oxygens (including phenoxy) is 1. The number of halogens is 2. The van der Waals surface area contributed by atoms with Crippen LogP contribution in [0.4, 0.5) is 5.69 Å². The highest BCUT2D eigenvalue weighted by atomic mass is 35.5. The minimum Gasteiger partial charge on any atom is -0.402 e. The molecule has 0 N–H and O–H groups in total. The first kappa shape index (κ1) is 19.0. The molecular weight excluding hydrogens is 385 g/mol. The number of cyclic esters (lactones) is 1. The van der Waals surface area contributed by atoms with Gasteiger partial charge in [0, 0.05) is 24.3 Å². The van der Waals surface area contributed by atoms with Gasteiger partial charge in [0.15, 0.2) is 5.70 Å². The van der Waals surface area contributed by atoms with Crippen LogP contribution >= 0.6 is 23.2 Å². The fourth-order valence-electron chi connectivity index (χ4n) is 2.52. The molecule has 2 aromatic carbocycles. The van der Waals surface area contributed by atoms with Crippen LogP contribution in [-0.2, 0) is 9.53 Å². The van der Waals surface area contributed by atoms with Crippen molar-refractivity contribution < 1.29 is 9.53 Å². The van der Waals surface area contributed by atoms with Crippen molar-refractivity contribution in [3.8, 4) is 6.07 Å². The number of nitrogens with zero attached hydrogens (tertiary/aromatic N) is 3. The Labute approximate surface area is 167 Å². The fourth-order valence-corrected chi connectivity index (χ4v) is 3.01. The van der Waals surface area contributed by atoms with Crippen molar-refractivity contribution in [2.75, 3.05) is 18.5 Å². The number of rotatable bonds is 5. The molecule has 0 amide bonds. The predicted octanol–water partition coefficient (Wildman–Crippen LogP) is 4.69. The van der Waals surface area contributed by atoms with Crippen LogP contribution in [0, 0.1) is 11.3 Å². The lowest BCUT2D eigenvalue weighted by Crippen LogP contribution is -2.17. The second-order valence-corrected chi connectivity index (χ2v) is 6.73. The lowest BCUT2D eigenvalue weighted by Gasteiger charge is -2.17. The molecule has 0 saturated heterocycles. The van der Waals surface area contributed by atoms with Gasteiger partial charge in [-0.1, -0.05) is 35.3 Å². The number of aliphatic imine (C=N–C) groups is 1. The maximum atomic E-state index is 12.1. The van der Waals surface area contributed by atoms with Crippen LogP contribution in [0.15, 0.2) is 53.2 Å². The molecule has 0 atom stereocenters. The maximum Gasteiger partial charge on any atom is 0.363 e. The van der Waals surface area contributed by atoms with E-state index in [2.05, 4.69) is 11.1 Å². The van der Waals surface area contributed by atoms with Gasteiger partial charge >= 0.3 is 5.97 Å². The Hall–Kier alpha value is -2.81. The summed E-state index contributed by atoms with van der Waals surface area (Å²) in [6, 6.07) is 14.6. The largest absolute Gasteiger partial charge is 0.402 e. The third kappa shape index (κ3) is 4.48. The summed E-state index contributed by atoms with van der Waals surface area (Å²) in [6.45, 7) is 0.652. The number of carbonyl (C=O) groups is 1. The molecule has 0 unspecified atom stereocenters. The van der Waals surface area contributed by atoms with Crippen LogP contribution in [0.3, 0.4) is 0 Å². The summed E-state index contributed by atoms with van der Waals surface area (Å²) in [4.78, 5) is 18.4. The molecule has 0 saturated carbocycles. The molecule has 0 fully saturated rings. The zero-order valence-electron chi connectivity index (χ0n) is 14.4. The molecule has 1 aliphatic heterocycles. The summed E-state index contributed by atoms with van der Waals surface area (Å²) in [6.07, 6.45) is 2.11. The first-order valence-electron chi connectivity index (χ1n) is 8.14. The molecule has 0 spiro atoms. The number of carbonyl (C=O) groups excluding carboxylic acids is 1. The number of hydrogen-bond acceptors (Lipinski definition) is 5. The fraction of sp³-hybridized carbons (Fsp3) is 0.150. The zero-order valence-corrected chi connectivity index (χ0v) is 16.0. The molecular formula is C20H15Cl2N3O2. The lowest BCUT2D eigenvalue weighted by atomic mass is 10.1. The van der Waals surface area contributed by atoms with E-state index in [4.69, 9.17) is 33.2 Å². The van der Waals surface area contributed by atoms with E-state index in [0.29, 0.717) is 28.6 Å². The van der Waals surface area contributed by atoms with Crippen LogP contribution in [0.5, 0.6) is 0 Å². The minimum atomic E-state index is -0.536. The van der Waals surface area contributed by atoms with E-state index in [1.807, 2.05) is 36.2 Å². The van der Waals surface area contributed by atoms with Gasteiger partial charge in [-0.3, -0.25) is 0 Å².